The van der Waals surface area contributed by atoms with E-state index in [1.807, 2.05) is 0 Å². The van der Waals surface area contributed by atoms with Crippen molar-refractivity contribution in [1.82, 2.24) is 20.2 Å². The lowest BCUT2D eigenvalue weighted by Gasteiger charge is -2.41. The molecule has 1 N–H and O–H groups in total. The number of nitrogens with one attached hydrogen (secondary N) is 1. The third kappa shape index (κ3) is 4.04. The maximum atomic E-state index is 14.1. The van der Waals surface area contributed by atoms with Gasteiger partial charge in [-0.1, -0.05) is 31.4 Å². The SMILES string of the molecule is CN1CC2CC(N(C(=O)C3C=CC=C4C3CCN4CC3CCCCC3)C3CC3)CCC2N1. The molecule has 2 heterocycles. The van der Waals surface area contributed by atoms with Gasteiger partial charge in [-0.3, -0.25) is 10.2 Å². The molecule has 0 aromatic rings. The van der Waals surface area contributed by atoms with Crippen molar-refractivity contribution < 1.29 is 4.79 Å². The maximum absolute atomic E-state index is 14.1. The number of rotatable bonds is 5. The van der Waals surface area contributed by atoms with Gasteiger partial charge in [-0.2, -0.15) is 0 Å². The van der Waals surface area contributed by atoms with Crippen molar-refractivity contribution >= 4 is 5.91 Å². The summed E-state index contributed by atoms with van der Waals surface area (Å²) in [6.07, 6.45) is 21.0. The van der Waals surface area contributed by atoms with Crippen molar-refractivity contribution in [2.75, 3.05) is 26.7 Å². The number of amides is 1. The summed E-state index contributed by atoms with van der Waals surface area (Å²) in [5.41, 5.74) is 5.10. The highest BCUT2D eigenvalue weighted by Gasteiger charge is 2.47. The van der Waals surface area contributed by atoms with E-state index in [0.717, 1.165) is 25.4 Å². The number of hydrogen-bond donors (Lipinski definition) is 1. The van der Waals surface area contributed by atoms with Crippen LogP contribution in [0.2, 0.25) is 0 Å². The van der Waals surface area contributed by atoms with E-state index in [9.17, 15) is 4.79 Å². The molecule has 0 bridgehead atoms. The van der Waals surface area contributed by atoms with Crippen molar-refractivity contribution in [3.63, 3.8) is 0 Å². The lowest BCUT2D eigenvalue weighted by atomic mass is 9.80. The molecule has 5 unspecified atom stereocenters. The van der Waals surface area contributed by atoms with E-state index in [4.69, 9.17) is 0 Å². The van der Waals surface area contributed by atoms with E-state index < -0.39 is 0 Å². The molecule has 0 radical (unpaired) electrons. The Morgan fingerprint density at radius 2 is 1.88 bits per heavy atom. The molecule has 3 saturated carbocycles. The summed E-state index contributed by atoms with van der Waals surface area (Å²) in [5.74, 6) is 2.48. The lowest BCUT2D eigenvalue weighted by molar-refractivity contribution is -0.139. The van der Waals surface area contributed by atoms with E-state index in [1.54, 1.807) is 0 Å². The summed E-state index contributed by atoms with van der Waals surface area (Å²) in [6, 6.07) is 1.59. The Labute approximate surface area is 194 Å². The molecule has 32 heavy (non-hydrogen) atoms. The highest BCUT2D eigenvalue weighted by Crippen LogP contribution is 2.43. The zero-order valence-electron chi connectivity index (χ0n) is 19.9. The molecule has 5 atom stereocenters. The van der Waals surface area contributed by atoms with Crippen molar-refractivity contribution in [3.05, 3.63) is 23.9 Å². The van der Waals surface area contributed by atoms with Crippen LogP contribution in [0.1, 0.15) is 70.6 Å². The number of nitrogens with zero attached hydrogens (tertiary/aromatic N) is 3. The number of allylic oxidation sites excluding steroid dienone is 3. The topological polar surface area (TPSA) is 38.8 Å². The lowest BCUT2D eigenvalue weighted by Crippen LogP contribution is -2.50. The second-order valence-electron chi connectivity index (χ2n) is 11.7. The zero-order chi connectivity index (χ0) is 21.7. The average Bonchev–Trinajstić information content (AvgIpc) is 3.44. The number of fused-ring (bicyclic) bond motifs is 2. The van der Waals surface area contributed by atoms with Gasteiger partial charge in [-0.25, -0.2) is 5.01 Å². The van der Waals surface area contributed by atoms with Crippen LogP contribution < -0.4 is 5.43 Å². The first-order valence-electron chi connectivity index (χ1n) is 13.6. The van der Waals surface area contributed by atoms with Crippen molar-refractivity contribution in [2.24, 2.45) is 23.7 Å². The fraction of sp³-hybridized carbons (Fsp3) is 0.815. The van der Waals surface area contributed by atoms with Crippen LogP contribution >= 0.6 is 0 Å². The van der Waals surface area contributed by atoms with Crippen LogP contribution in [0, 0.1) is 23.7 Å². The molecular formula is C27H42N4O. The summed E-state index contributed by atoms with van der Waals surface area (Å²) in [5, 5.41) is 2.27. The first kappa shape index (κ1) is 21.2. The molecule has 4 aliphatic carbocycles. The predicted molar refractivity (Wildman–Crippen MR) is 128 cm³/mol. The predicted octanol–water partition coefficient (Wildman–Crippen LogP) is 3.94. The highest BCUT2D eigenvalue weighted by molar-refractivity contribution is 5.83. The number of carbonyl (C=O) groups excluding carboxylic acids is 1. The summed E-state index contributed by atoms with van der Waals surface area (Å²) in [4.78, 5) is 19.1. The average molecular weight is 439 g/mol. The minimum absolute atomic E-state index is 0.0639. The molecular weight excluding hydrogens is 396 g/mol. The van der Waals surface area contributed by atoms with Gasteiger partial charge in [0, 0.05) is 56.4 Å². The van der Waals surface area contributed by atoms with E-state index in [0.29, 0.717) is 35.9 Å². The smallest absolute Gasteiger partial charge is 0.230 e. The molecule has 5 nitrogen and oxygen atoms in total. The molecule has 0 aromatic heterocycles. The molecule has 2 aliphatic heterocycles. The van der Waals surface area contributed by atoms with Crippen LogP contribution in [0.5, 0.6) is 0 Å². The van der Waals surface area contributed by atoms with Crippen LogP contribution in [-0.2, 0) is 4.79 Å². The first-order chi connectivity index (χ1) is 15.7. The molecule has 0 aromatic carbocycles. The number of likely N-dealkylation sites (tertiary alicyclic amines) is 1. The van der Waals surface area contributed by atoms with Gasteiger partial charge in [0.2, 0.25) is 5.91 Å². The van der Waals surface area contributed by atoms with Crippen LogP contribution in [0.3, 0.4) is 0 Å². The summed E-state index contributed by atoms with van der Waals surface area (Å²) in [6.45, 7) is 3.49. The van der Waals surface area contributed by atoms with Gasteiger partial charge < -0.3 is 9.80 Å². The van der Waals surface area contributed by atoms with E-state index in [2.05, 4.69) is 45.5 Å². The van der Waals surface area contributed by atoms with Gasteiger partial charge in [0.1, 0.15) is 0 Å². The number of carbonyl (C=O) groups is 1. The minimum Gasteiger partial charge on any atom is -0.374 e. The number of hydrogen-bond acceptors (Lipinski definition) is 4. The van der Waals surface area contributed by atoms with Crippen molar-refractivity contribution in [3.8, 4) is 0 Å². The first-order valence-corrected chi connectivity index (χ1v) is 13.6. The Hall–Kier alpha value is -1.33. The van der Waals surface area contributed by atoms with Crippen molar-refractivity contribution in [2.45, 2.75) is 88.8 Å². The fourth-order valence-electron chi connectivity index (χ4n) is 7.67. The molecule has 5 fully saturated rings. The molecule has 0 spiro atoms. The zero-order valence-corrected chi connectivity index (χ0v) is 19.9. The Morgan fingerprint density at radius 3 is 2.69 bits per heavy atom. The maximum Gasteiger partial charge on any atom is 0.230 e. The van der Waals surface area contributed by atoms with Crippen molar-refractivity contribution in [1.29, 1.82) is 0 Å². The summed E-state index contributed by atoms with van der Waals surface area (Å²) >= 11 is 0. The van der Waals surface area contributed by atoms with Crippen LogP contribution in [0.4, 0.5) is 0 Å². The van der Waals surface area contributed by atoms with E-state index >= 15 is 0 Å². The molecule has 6 aliphatic rings. The second-order valence-corrected chi connectivity index (χ2v) is 11.7. The van der Waals surface area contributed by atoms with Gasteiger partial charge in [-0.05, 0) is 69.3 Å². The monoisotopic (exact) mass is 438 g/mol. The third-order valence-corrected chi connectivity index (χ3v) is 9.40. The molecule has 176 valence electrons. The Kier molecular flexibility index (Phi) is 5.83. The molecule has 2 saturated heterocycles. The van der Waals surface area contributed by atoms with Crippen LogP contribution in [0.15, 0.2) is 23.9 Å². The highest BCUT2D eigenvalue weighted by atomic mass is 16.2. The standard InChI is InChI=1S/C27H42N4O/c1-29-18-20-16-22(12-13-25(20)28-29)31(21-10-11-21)27(32)24-8-5-9-26-23(24)14-15-30(26)17-19-6-3-2-4-7-19/h5,8-9,19-25,28H,2-4,6-7,10-18H2,1H3. The fourth-order valence-corrected chi connectivity index (χ4v) is 7.67. The van der Waals surface area contributed by atoms with Gasteiger partial charge in [-0.15, -0.1) is 0 Å². The summed E-state index contributed by atoms with van der Waals surface area (Å²) < 4.78 is 0. The molecule has 6 rings (SSSR count). The Bertz CT molecular complexity index is 768. The normalized spacial score (nSPS) is 37.8. The second kappa shape index (κ2) is 8.79. The molecule has 5 heteroatoms. The Balaban J connectivity index is 1.14. The van der Waals surface area contributed by atoms with Crippen LogP contribution in [-0.4, -0.2) is 65.5 Å². The van der Waals surface area contributed by atoms with Gasteiger partial charge in [0.15, 0.2) is 0 Å². The van der Waals surface area contributed by atoms with Gasteiger partial charge >= 0.3 is 0 Å². The third-order valence-electron chi connectivity index (χ3n) is 9.40. The quantitative estimate of drug-likeness (QED) is 0.706. The van der Waals surface area contributed by atoms with Gasteiger partial charge in [0.05, 0.1) is 5.92 Å². The minimum atomic E-state index is 0.0639. The summed E-state index contributed by atoms with van der Waals surface area (Å²) in [7, 11) is 2.16. The van der Waals surface area contributed by atoms with E-state index in [1.165, 1.54) is 76.5 Å². The van der Waals surface area contributed by atoms with Gasteiger partial charge in [0.25, 0.3) is 0 Å². The Morgan fingerprint density at radius 1 is 1.06 bits per heavy atom. The largest absolute Gasteiger partial charge is 0.374 e. The van der Waals surface area contributed by atoms with Crippen LogP contribution in [0.25, 0.3) is 0 Å². The van der Waals surface area contributed by atoms with E-state index in [-0.39, 0.29) is 5.92 Å². The molecule has 1 amide bonds. The number of hydrazine groups is 1.